The van der Waals surface area contributed by atoms with Crippen LogP contribution in [0.4, 0.5) is 11.4 Å². The lowest BCUT2D eigenvalue weighted by Crippen LogP contribution is -2.54. The number of piperazine rings is 1. The third-order valence-electron chi connectivity index (χ3n) is 9.52. The highest BCUT2D eigenvalue weighted by Crippen LogP contribution is 2.46. The Morgan fingerprint density at radius 3 is 2.33 bits per heavy atom. The summed E-state index contributed by atoms with van der Waals surface area (Å²) < 4.78 is 0. The zero-order valence-corrected chi connectivity index (χ0v) is 23.7. The van der Waals surface area contributed by atoms with E-state index in [9.17, 15) is 10.1 Å². The van der Waals surface area contributed by atoms with E-state index in [-0.39, 0.29) is 5.91 Å². The Kier molecular flexibility index (Phi) is 7.45. The zero-order valence-electron chi connectivity index (χ0n) is 22.9. The lowest BCUT2D eigenvalue weighted by molar-refractivity contribution is 0.0601. The monoisotopic (exact) mass is 546 g/mol. The Morgan fingerprint density at radius 2 is 1.72 bits per heavy atom. The smallest absolute Gasteiger partial charge is 0.253 e. The molecule has 0 aromatic heterocycles. The summed E-state index contributed by atoms with van der Waals surface area (Å²) in [7, 11) is 0. The molecule has 1 spiro atoms. The molecule has 2 aromatic rings. The van der Waals surface area contributed by atoms with Gasteiger partial charge in [-0.15, -0.1) is 0 Å². The van der Waals surface area contributed by atoms with E-state index in [1.54, 1.807) is 0 Å². The van der Waals surface area contributed by atoms with Crippen molar-refractivity contribution in [1.29, 1.82) is 5.26 Å². The first-order valence-electron chi connectivity index (χ1n) is 14.5. The second-order valence-electron chi connectivity index (χ2n) is 12.1. The summed E-state index contributed by atoms with van der Waals surface area (Å²) in [6.45, 7) is 12.4. The normalized spacial score (nSPS) is 23.6. The number of benzene rings is 2. The van der Waals surface area contributed by atoms with Crippen LogP contribution in [0.25, 0.3) is 0 Å². The van der Waals surface area contributed by atoms with Gasteiger partial charge < -0.3 is 20.0 Å². The van der Waals surface area contributed by atoms with Gasteiger partial charge in [-0.2, -0.15) is 5.26 Å². The molecule has 0 saturated carbocycles. The van der Waals surface area contributed by atoms with E-state index in [0.717, 1.165) is 95.5 Å². The topological polar surface area (TPSA) is 65.9 Å². The quantitative estimate of drug-likeness (QED) is 0.610. The van der Waals surface area contributed by atoms with E-state index in [1.807, 2.05) is 35.2 Å². The highest BCUT2D eigenvalue weighted by atomic mass is 35.5. The van der Waals surface area contributed by atoms with Crippen LogP contribution in [-0.2, 0) is 0 Å². The molecule has 6 rings (SSSR count). The van der Waals surface area contributed by atoms with E-state index in [4.69, 9.17) is 11.6 Å². The fourth-order valence-corrected chi connectivity index (χ4v) is 7.23. The van der Waals surface area contributed by atoms with Crippen LogP contribution in [0.15, 0.2) is 42.5 Å². The van der Waals surface area contributed by atoms with Gasteiger partial charge in [0.1, 0.15) is 6.07 Å². The molecule has 4 aliphatic rings. The van der Waals surface area contributed by atoms with Crippen molar-refractivity contribution in [3.63, 3.8) is 0 Å². The fourth-order valence-electron chi connectivity index (χ4n) is 7.01. The fraction of sp³-hybridized carbons (Fsp3) is 0.548. The van der Waals surface area contributed by atoms with Crippen molar-refractivity contribution in [2.24, 2.45) is 11.3 Å². The number of hydrogen-bond donors (Lipinski definition) is 1. The number of nitrogens with zero attached hydrogens (tertiary/aromatic N) is 5. The third kappa shape index (κ3) is 5.48. The van der Waals surface area contributed by atoms with Crippen LogP contribution in [0.2, 0.25) is 5.02 Å². The molecule has 1 amide bonds. The molecule has 4 aliphatic heterocycles. The first kappa shape index (κ1) is 26.4. The molecule has 39 heavy (non-hydrogen) atoms. The molecule has 4 saturated heterocycles. The van der Waals surface area contributed by atoms with Gasteiger partial charge in [-0.3, -0.25) is 9.69 Å². The lowest BCUT2D eigenvalue weighted by atomic mass is 9.76. The summed E-state index contributed by atoms with van der Waals surface area (Å²) >= 11 is 6.34. The summed E-state index contributed by atoms with van der Waals surface area (Å²) in [5, 5.41) is 13.1. The maximum absolute atomic E-state index is 13.1. The second kappa shape index (κ2) is 11.0. The van der Waals surface area contributed by atoms with Crippen LogP contribution < -0.4 is 15.1 Å². The summed E-state index contributed by atoms with van der Waals surface area (Å²) in [6.07, 6.45) is 3.48. The number of nitrogens with one attached hydrogen (secondary N) is 1. The van der Waals surface area contributed by atoms with Crippen LogP contribution in [0, 0.1) is 22.7 Å². The number of nitriles is 1. The largest absolute Gasteiger partial charge is 0.371 e. The van der Waals surface area contributed by atoms with E-state index in [2.05, 4.69) is 45.1 Å². The number of amides is 1. The highest BCUT2D eigenvalue weighted by molar-refractivity contribution is 6.32. The number of piperidine rings is 1. The molecule has 1 N–H and O–H groups in total. The van der Waals surface area contributed by atoms with Gasteiger partial charge in [0.2, 0.25) is 0 Å². The summed E-state index contributed by atoms with van der Waals surface area (Å²) in [4.78, 5) is 22.6. The van der Waals surface area contributed by atoms with Gasteiger partial charge in [0, 0.05) is 88.4 Å². The molecular weight excluding hydrogens is 508 g/mol. The van der Waals surface area contributed by atoms with Crippen LogP contribution in [0.1, 0.15) is 42.1 Å². The minimum absolute atomic E-state index is 0.159. The second-order valence-corrected chi connectivity index (χ2v) is 12.5. The molecule has 8 heteroatoms. The third-order valence-corrected chi connectivity index (χ3v) is 9.83. The molecule has 0 radical (unpaired) electrons. The first-order valence-corrected chi connectivity index (χ1v) is 14.8. The predicted molar refractivity (Wildman–Crippen MR) is 157 cm³/mol. The Hall–Kier alpha value is -2.79. The van der Waals surface area contributed by atoms with Gasteiger partial charge in [-0.1, -0.05) is 11.6 Å². The Balaban J connectivity index is 1.02. The Bertz CT molecular complexity index is 1220. The number of rotatable bonds is 5. The number of carbonyl (C=O) groups is 1. The summed E-state index contributed by atoms with van der Waals surface area (Å²) in [6, 6.07) is 16.7. The maximum Gasteiger partial charge on any atom is 0.253 e. The van der Waals surface area contributed by atoms with Crippen LogP contribution in [0.3, 0.4) is 0 Å². The SMILES string of the molecule is CC1CC2(CCN(c3ccc(C(=O)N4CCN(CC5CNC5)CC4)cc3)CC2)CN1c1ccc(C#N)c(Cl)c1. The molecular formula is C31H39ClN6O. The van der Waals surface area contributed by atoms with Crippen molar-refractivity contribution in [3.8, 4) is 6.07 Å². The summed E-state index contributed by atoms with van der Waals surface area (Å²) in [5.41, 5.74) is 3.96. The van der Waals surface area contributed by atoms with Crippen molar-refractivity contribution in [2.45, 2.75) is 32.2 Å². The van der Waals surface area contributed by atoms with Crippen molar-refractivity contribution in [3.05, 3.63) is 58.6 Å². The maximum atomic E-state index is 13.1. The average Bonchev–Trinajstić information content (AvgIpc) is 3.26. The number of anilines is 2. The van der Waals surface area contributed by atoms with E-state index in [1.165, 1.54) is 12.1 Å². The van der Waals surface area contributed by atoms with Crippen molar-refractivity contribution in [1.82, 2.24) is 15.1 Å². The minimum atomic E-state index is 0.159. The van der Waals surface area contributed by atoms with E-state index in [0.29, 0.717) is 22.0 Å². The summed E-state index contributed by atoms with van der Waals surface area (Å²) in [5.74, 6) is 0.939. The van der Waals surface area contributed by atoms with Gasteiger partial charge in [0.05, 0.1) is 10.6 Å². The molecule has 0 bridgehead atoms. The van der Waals surface area contributed by atoms with Crippen LogP contribution in [-0.4, -0.2) is 87.2 Å². The van der Waals surface area contributed by atoms with Crippen LogP contribution in [0.5, 0.6) is 0 Å². The van der Waals surface area contributed by atoms with E-state index >= 15 is 0 Å². The highest BCUT2D eigenvalue weighted by Gasteiger charge is 2.44. The molecule has 2 aromatic carbocycles. The zero-order chi connectivity index (χ0) is 27.0. The van der Waals surface area contributed by atoms with Gasteiger partial charge >= 0.3 is 0 Å². The number of halogens is 1. The number of carbonyl (C=O) groups excluding carboxylic acids is 1. The first-order chi connectivity index (χ1) is 18.9. The average molecular weight is 547 g/mol. The molecule has 1 unspecified atom stereocenters. The standard InChI is InChI=1S/C31H39ClN6O/c1-23-17-31(22-38(23)28-7-4-26(18-33)29(32)16-28)8-10-36(11-9-31)27-5-2-25(3-6-27)30(39)37-14-12-35(13-15-37)21-24-19-34-20-24/h2-7,16,23-24,34H,8-15,17,19-22H2,1H3. The Morgan fingerprint density at radius 1 is 1.03 bits per heavy atom. The van der Waals surface area contributed by atoms with Crippen molar-refractivity contribution < 1.29 is 4.79 Å². The van der Waals surface area contributed by atoms with Crippen LogP contribution >= 0.6 is 11.6 Å². The molecule has 1 atom stereocenters. The minimum Gasteiger partial charge on any atom is -0.371 e. The predicted octanol–water partition coefficient (Wildman–Crippen LogP) is 4.07. The molecule has 0 aliphatic carbocycles. The van der Waals surface area contributed by atoms with E-state index < -0.39 is 0 Å². The molecule has 7 nitrogen and oxygen atoms in total. The van der Waals surface area contributed by atoms with Gasteiger partial charge in [-0.25, -0.2) is 0 Å². The molecule has 206 valence electrons. The van der Waals surface area contributed by atoms with Gasteiger partial charge in [-0.05, 0) is 80.0 Å². The number of hydrogen-bond acceptors (Lipinski definition) is 6. The molecule has 4 fully saturated rings. The van der Waals surface area contributed by atoms with Crippen molar-refractivity contribution >= 4 is 28.9 Å². The van der Waals surface area contributed by atoms with Crippen molar-refractivity contribution in [2.75, 3.05) is 75.2 Å². The van der Waals surface area contributed by atoms with Gasteiger partial charge in [0.15, 0.2) is 0 Å². The van der Waals surface area contributed by atoms with Gasteiger partial charge in [0.25, 0.3) is 5.91 Å². The Labute approximate surface area is 237 Å². The lowest BCUT2D eigenvalue weighted by Gasteiger charge is -2.40. The molecule has 4 heterocycles.